The lowest BCUT2D eigenvalue weighted by molar-refractivity contribution is -0.121. The van der Waals surface area contributed by atoms with Crippen molar-refractivity contribution in [1.29, 1.82) is 0 Å². The van der Waals surface area contributed by atoms with Gasteiger partial charge in [-0.05, 0) is 27.3 Å². The van der Waals surface area contributed by atoms with E-state index in [1.165, 1.54) is 11.3 Å². The number of nitrogens with one attached hydrogen (secondary N) is 2. The molecule has 1 aromatic rings. The first-order valence-corrected chi connectivity index (χ1v) is 6.93. The van der Waals surface area contributed by atoms with Gasteiger partial charge in [0.2, 0.25) is 5.91 Å². The molecule has 0 aromatic carbocycles. The van der Waals surface area contributed by atoms with E-state index in [4.69, 9.17) is 5.73 Å². The van der Waals surface area contributed by atoms with E-state index in [9.17, 15) is 9.59 Å². The highest BCUT2D eigenvalue weighted by Crippen LogP contribution is 2.09. The molecular formula is C12H21ClN4O2S. The average molecular weight is 321 g/mol. The molecule has 6 nitrogen and oxygen atoms in total. The largest absolute Gasteiger partial charge is 0.350 e. The molecule has 0 saturated heterocycles. The van der Waals surface area contributed by atoms with Gasteiger partial charge in [0.25, 0.3) is 5.91 Å². The second kappa shape index (κ2) is 8.18. The predicted octanol–water partition coefficient (Wildman–Crippen LogP) is 0.711. The van der Waals surface area contributed by atoms with E-state index >= 15 is 0 Å². The number of amides is 2. The standard InChI is InChI=1S/C12H20N4O2S.ClH/c1-12(2,3)16-9(17)6-14-11(18)8-7-19-10(15-8)4-5-13;/h7H,4-6,13H2,1-3H3,(H,14,18)(H,16,17);1H. The van der Waals surface area contributed by atoms with E-state index < -0.39 is 0 Å². The van der Waals surface area contributed by atoms with Gasteiger partial charge in [-0.15, -0.1) is 23.7 Å². The Balaban J connectivity index is 0.00000361. The maximum absolute atomic E-state index is 11.8. The summed E-state index contributed by atoms with van der Waals surface area (Å²) in [6.45, 7) is 6.09. The van der Waals surface area contributed by atoms with E-state index in [1.54, 1.807) is 5.38 Å². The first-order valence-electron chi connectivity index (χ1n) is 6.05. The lowest BCUT2D eigenvalue weighted by atomic mass is 10.1. The number of thiazole rings is 1. The number of carbonyl (C=O) groups is 2. The second-order valence-corrected chi connectivity index (χ2v) is 6.09. The molecule has 0 aliphatic carbocycles. The van der Waals surface area contributed by atoms with Crippen LogP contribution in [0.25, 0.3) is 0 Å². The van der Waals surface area contributed by atoms with Crippen molar-refractivity contribution in [3.8, 4) is 0 Å². The molecule has 0 unspecified atom stereocenters. The van der Waals surface area contributed by atoms with Crippen LogP contribution in [0.15, 0.2) is 5.38 Å². The maximum Gasteiger partial charge on any atom is 0.271 e. The zero-order valence-corrected chi connectivity index (χ0v) is 13.5. The van der Waals surface area contributed by atoms with Crippen molar-refractivity contribution in [1.82, 2.24) is 15.6 Å². The predicted molar refractivity (Wildman–Crippen MR) is 82.3 cm³/mol. The van der Waals surface area contributed by atoms with Gasteiger partial charge >= 0.3 is 0 Å². The van der Waals surface area contributed by atoms with Gasteiger partial charge in [0.05, 0.1) is 11.6 Å². The van der Waals surface area contributed by atoms with Crippen molar-refractivity contribution >= 4 is 35.6 Å². The third kappa shape index (κ3) is 6.83. The molecule has 1 heterocycles. The van der Waals surface area contributed by atoms with Crippen LogP contribution in [0.2, 0.25) is 0 Å². The summed E-state index contributed by atoms with van der Waals surface area (Å²) < 4.78 is 0. The van der Waals surface area contributed by atoms with Crippen LogP contribution in [0.5, 0.6) is 0 Å². The van der Waals surface area contributed by atoms with Gasteiger partial charge in [-0.2, -0.15) is 0 Å². The van der Waals surface area contributed by atoms with Crippen molar-refractivity contribution in [2.75, 3.05) is 13.1 Å². The van der Waals surface area contributed by atoms with Crippen molar-refractivity contribution in [2.24, 2.45) is 5.73 Å². The van der Waals surface area contributed by atoms with Crippen molar-refractivity contribution in [3.63, 3.8) is 0 Å². The van der Waals surface area contributed by atoms with Crippen molar-refractivity contribution < 1.29 is 9.59 Å². The Morgan fingerprint density at radius 2 is 2.05 bits per heavy atom. The highest BCUT2D eigenvalue weighted by atomic mass is 35.5. The minimum Gasteiger partial charge on any atom is -0.350 e. The van der Waals surface area contributed by atoms with Crippen molar-refractivity contribution in [3.05, 3.63) is 16.1 Å². The molecular weight excluding hydrogens is 300 g/mol. The fourth-order valence-corrected chi connectivity index (χ4v) is 2.16. The quantitative estimate of drug-likeness (QED) is 0.744. The summed E-state index contributed by atoms with van der Waals surface area (Å²) >= 11 is 1.39. The Labute approximate surface area is 128 Å². The molecule has 0 atom stereocenters. The summed E-state index contributed by atoms with van der Waals surface area (Å²) in [5.41, 5.74) is 5.44. The van der Waals surface area contributed by atoms with Gasteiger partial charge in [-0.3, -0.25) is 9.59 Å². The number of nitrogens with two attached hydrogens (primary N) is 1. The van der Waals surface area contributed by atoms with E-state index in [0.29, 0.717) is 18.7 Å². The molecule has 1 rings (SSSR count). The summed E-state index contributed by atoms with van der Waals surface area (Å²) in [6.07, 6.45) is 0.655. The lowest BCUT2D eigenvalue weighted by Gasteiger charge is -2.20. The van der Waals surface area contributed by atoms with Gasteiger partial charge in [0.15, 0.2) is 0 Å². The van der Waals surface area contributed by atoms with Gasteiger partial charge in [0.1, 0.15) is 5.69 Å². The molecule has 20 heavy (non-hydrogen) atoms. The van der Waals surface area contributed by atoms with E-state index in [-0.39, 0.29) is 36.3 Å². The van der Waals surface area contributed by atoms with E-state index in [0.717, 1.165) is 5.01 Å². The Bertz CT molecular complexity index is 457. The summed E-state index contributed by atoms with van der Waals surface area (Å²) in [7, 11) is 0. The number of rotatable bonds is 5. The van der Waals surface area contributed by atoms with Crippen LogP contribution in [0.3, 0.4) is 0 Å². The van der Waals surface area contributed by atoms with Gasteiger partial charge in [-0.1, -0.05) is 0 Å². The second-order valence-electron chi connectivity index (χ2n) is 5.15. The number of halogens is 1. The molecule has 0 saturated carbocycles. The van der Waals surface area contributed by atoms with Crippen LogP contribution in [0.1, 0.15) is 36.3 Å². The molecule has 2 amide bonds. The topological polar surface area (TPSA) is 97.1 Å². The highest BCUT2D eigenvalue weighted by molar-refractivity contribution is 7.09. The Morgan fingerprint density at radius 3 is 2.60 bits per heavy atom. The Morgan fingerprint density at radius 1 is 1.40 bits per heavy atom. The number of hydrogen-bond donors (Lipinski definition) is 3. The summed E-state index contributed by atoms with van der Waals surface area (Å²) in [4.78, 5) is 27.4. The number of nitrogens with zero attached hydrogens (tertiary/aromatic N) is 1. The molecule has 1 aromatic heterocycles. The molecule has 0 aliphatic heterocycles. The van der Waals surface area contributed by atoms with Gasteiger partial charge < -0.3 is 16.4 Å². The van der Waals surface area contributed by atoms with Gasteiger partial charge in [-0.25, -0.2) is 4.98 Å². The van der Waals surface area contributed by atoms with E-state index in [1.807, 2.05) is 20.8 Å². The normalized spacial score (nSPS) is 10.6. The van der Waals surface area contributed by atoms with E-state index in [2.05, 4.69) is 15.6 Å². The molecule has 0 radical (unpaired) electrons. The Kier molecular flexibility index (Phi) is 7.70. The molecule has 4 N–H and O–H groups in total. The monoisotopic (exact) mass is 320 g/mol. The molecule has 114 valence electrons. The molecule has 0 bridgehead atoms. The number of hydrogen-bond acceptors (Lipinski definition) is 5. The molecule has 8 heteroatoms. The lowest BCUT2D eigenvalue weighted by Crippen LogP contribution is -2.45. The summed E-state index contributed by atoms with van der Waals surface area (Å²) in [5.74, 6) is -0.568. The SMILES string of the molecule is CC(C)(C)NC(=O)CNC(=O)c1csc(CCN)n1.Cl. The molecule has 0 aliphatic rings. The fraction of sp³-hybridized carbons (Fsp3) is 0.583. The first-order chi connectivity index (χ1) is 8.81. The first kappa shape index (κ1) is 18.8. The molecule has 0 spiro atoms. The number of aromatic nitrogens is 1. The highest BCUT2D eigenvalue weighted by Gasteiger charge is 2.15. The Hall–Kier alpha value is -1.18. The smallest absolute Gasteiger partial charge is 0.271 e. The zero-order chi connectivity index (χ0) is 14.5. The van der Waals surface area contributed by atoms with Gasteiger partial charge in [0, 0.05) is 17.3 Å². The van der Waals surface area contributed by atoms with Crippen molar-refractivity contribution in [2.45, 2.75) is 32.7 Å². The third-order valence-electron chi connectivity index (χ3n) is 2.07. The maximum atomic E-state index is 11.8. The fourth-order valence-electron chi connectivity index (χ4n) is 1.37. The molecule has 0 fully saturated rings. The van der Waals surface area contributed by atoms with Crippen LogP contribution in [-0.2, 0) is 11.2 Å². The minimum absolute atomic E-state index is 0. The average Bonchev–Trinajstić information content (AvgIpc) is 2.73. The van der Waals surface area contributed by atoms with Crippen LogP contribution in [-0.4, -0.2) is 35.4 Å². The third-order valence-corrected chi connectivity index (χ3v) is 2.98. The van der Waals surface area contributed by atoms with Crippen LogP contribution < -0.4 is 16.4 Å². The summed E-state index contributed by atoms with van der Waals surface area (Å²) in [6, 6.07) is 0. The van der Waals surface area contributed by atoms with Crippen LogP contribution in [0, 0.1) is 0 Å². The van der Waals surface area contributed by atoms with Crippen LogP contribution in [0.4, 0.5) is 0 Å². The van der Waals surface area contributed by atoms with Crippen LogP contribution >= 0.6 is 23.7 Å². The minimum atomic E-state index is -0.344. The zero-order valence-electron chi connectivity index (χ0n) is 11.9. The summed E-state index contributed by atoms with van der Waals surface area (Å²) in [5, 5.41) is 7.80. The number of carbonyl (C=O) groups excluding carboxylic acids is 2.